The van der Waals surface area contributed by atoms with Crippen LogP contribution in [0.1, 0.15) is 108 Å². The van der Waals surface area contributed by atoms with Crippen molar-refractivity contribution in [1.29, 1.82) is 0 Å². The number of hydrogen-bond donors (Lipinski definition) is 1. The van der Waals surface area contributed by atoms with Crippen molar-refractivity contribution in [2.24, 2.45) is 4.99 Å². The maximum Gasteiger partial charge on any atom is 0.137 e. The minimum Gasteiger partial charge on any atom is -0.456 e. The molecule has 3 aliphatic rings. The predicted molar refractivity (Wildman–Crippen MR) is 159 cm³/mol. The van der Waals surface area contributed by atoms with Crippen molar-refractivity contribution in [2.75, 3.05) is 5.32 Å². The molecule has 0 saturated heterocycles. The topological polar surface area (TPSA) is 33.6 Å². The maximum absolute atomic E-state index is 6.74. The first-order chi connectivity index (χ1) is 17.9. The van der Waals surface area contributed by atoms with Gasteiger partial charge in [0.05, 0.1) is 16.4 Å². The summed E-state index contributed by atoms with van der Waals surface area (Å²) in [5, 5.41) is 5.97. The summed E-state index contributed by atoms with van der Waals surface area (Å²) in [5.74, 6) is 2.76. The van der Waals surface area contributed by atoms with E-state index >= 15 is 0 Å². The molecule has 0 saturated carbocycles. The Hall–Kier alpha value is -3.33. The Labute approximate surface area is 227 Å². The molecule has 0 bridgehead atoms. The highest BCUT2D eigenvalue weighted by Crippen LogP contribution is 2.44. The highest BCUT2D eigenvalue weighted by Gasteiger charge is 2.31. The predicted octanol–water partition coefficient (Wildman–Crippen LogP) is 8.07. The van der Waals surface area contributed by atoms with Crippen LogP contribution in [-0.4, -0.2) is 11.1 Å². The van der Waals surface area contributed by atoms with Crippen LogP contribution in [0.15, 0.2) is 59.6 Å². The number of rotatable bonds is 3. The molecular formula is C35H40N2O. The Morgan fingerprint density at radius 1 is 1.00 bits per heavy atom. The molecule has 6 rings (SSSR count). The van der Waals surface area contributed by atoms with E-state index in [1.807, 2.05) is 0 Å². The van der Waals surface area contributed by atoms with Gasteiger partial charge < -0.3 is 10.1 Å². The highest BCUT2D eigenvalue weighted by molar-refractivity contribution is 5.91. The third-order valence-corrected chi connectivity index (χ3v) is 8.41. The maximum atomic E-state index is 6.74. The quantitative estimate of drug-likeness (QED) is 0.306. The third-order valence-electron chi connectivity index (χ3n) is 8.41. The van der Waals surface area contributed by atoms with Crippen LogP contribution in [0.2, 0.25) is 0 Å². The molecule has 0 aromatic heterocycles. The van der Waals surface area contributed by atoms with Crippen molar-refractivity contribution in [3.63, 3.8) is 0 Å². The van der Waals surface area contributed by atoms with Gasteiger partial charge in [-0.2, -0.15) is 0 Å². The van der Waals surface area contributed by atoms with E-state index in [0.717, 1.165) is 40.9 Å². The van der Waals surface area contributed by atoms with Crippen LogP contribution in [0.25, 0.3) is 11.1 Å². The lowest BCUT2D eigenvalue weighted by Crippen LogP contribution is -2.35. The van der Waals surface area contributed by atoms with Crippen molar-refractivity contribution in [3.8, 4) is 11.5 Å². The van der Waals surface area contributed by atoms with Gasteiger partial charge in [0.25, 0.3) is 0 Å². The first-order valence-electron chi connectivity index (χ1n) is 14.2. The van der Waals surface area contributed by atoms with Crippen LogP contribution in [0.4, 0.5) is 5.69 Å². The van der Waals surface area contributed by atoms with Gasteiger partial charge in [-0.1, -0.05) is 51.1 Å². The molecule has 196 valence electrons. The van der Waals surface area contributed by atoms with Gasteiger partial charge in [-0.3, -0.25) is 4.99 Å². The number of anilines is 1. The summed E-state index contributed by atoms with van der Waals surface area (Å²) in [4.78, 5) is 5.17. The van der Waals surface area contributed by atoms with E-state index in [1.54, 1.807) is 0 Å². The lowest BCUT2D eigenvalue weighted by molar-refractivity contribution is 0.387. The standard InChI is InChI=1S/C35H40N2O/c1-9-22-19-35(7,8)37-30-17-32-28(15-26(22)30)33(24-12-10-11-23(13-24)20(2)3)27-14-25-21(4)18-34(5,6)36-29(25)16-31(27)38-32/h10-18,20,22,36H,9,19H2,1-8H3. The molecule has 38 heavy (non-hydrogen) atoms. The average Bonchev–Trinajstić information content (AvgIpc) is 2.83. The molecule has 1 unspecified atom stereocenters. The smallest absolute Gasteiger partial charge is 0.137 e. The number of fused-ring (bicyclic) bond motifs is 4. The first-order valence-corrected chi connectivity index (χ1v) is 14.2. The molecule has 0 radical (unpaired) electrons. The van der Waals surface area contributed by atoms with Gasteiger partial charge in [-0.25, -0.2) is 0 Å². The Morgan fingerprint density at radius 3 is 2.53 bits per heavy atom. The molecular weight excluding hydrogens is 464 g/mol. The number of nitrogens with zero attached hydrogens (tertiary/aromatic N) is 1. The van der Waals surface area contributed by atoms with Crippen LogP contribution < -0.4 is 20.6 Å². The fourth-order valence-electron chi connectivity index (χ4n) is 6.66. The van der Waals surface area contributed by atoms with Crippen LogP contribution in [0.5, 0.6) is 11.5 Å². The van der Waals surface area contributed by atoms with Gasteiger partial charge >= 0.3 is 0 Å². The van der Waals surface area contributed by atoms with E-state index in [1.165, 1.54) is 38.6 Å². The zero-order valence-electron chi connectivity index (χ0n) is 24.1. The monoisotopic (exact) mass is 504 g/mol. The number of ether oxygens (including phenoxy) is 1. The zero-order chi connectivity index (χ0) is 27.0. The van der Waals surface area contributed by atoms with E-state index in [4.69, 9.17) is 9.73 Å². The lowest BCUT2D eigenvalue weighted by Gasteiger charge is -2.34. The second kappa shape index (κ2) is 8.59. The fourth-order valence-corrected chi connectivity index (χ4v) is 6.66. The van der Waals surface area contributed by atoms with Crippen LogP contribution in [0.3, 0.4) is 0 Å². The summed E-state index contributed by atoms with van der Waals surface area (Å²) in [6, 6.07) is 18.2. The van der Waals surface area contributed by atoms with E-state index in [-0.39, 0.29) is 11.1 Å². The number of allylic oxidation sites excluding steroid dienone is 1. The Balaban J connectivity index is 1.69. The summed E-state index contributed by atoms with van der Waals surface area (Å²) in [6.07, 6.45) is 4.51. The largest absolute Gasteiger partial charge is 0.456 e. The number of nitrogens with one attached hydrogen (secondary N) is 1. The molecule has 3 aromatic rings. The third kappa shape index (κ3) is 4.17. The second-order valence-corrected chi connectivity index (χ2v) is 13.0. The summed E-state index contributed by atoms with van der Waals surface area (Å²) < 4.78 is 6.74. The summed E-state index contributed by atoms with van der Waals surface area (Å²) in [7, 11) is 0. The molecule has 0 fully saturated rings. The van der Waals surface area contributed by atoms with E-state index in [9.17, 15) is 0 Å². The molecule has 1 N–H and O–H groups in total. The summed E-state index contributed by atoms with van der Waals surface area (Å²) in [6.45, 7) is 18.0. The van der Waals surface area contributed by atoms with Crippen LogP contribution >= 0.6 is 0 Å². The van der Waals surface area contributed by atoms with Crippen LogP contribution in [-0.2, 0) is 0 Å². The van der Waals surface area contributed by atoms with Gasteiger partial charge in [0, 0.05) is 39.7 Å². The van der Waals surface area contributed by atoms with Crippen molar-refractivity contribution in [3.05, 3.63) is 93.0 Å². The molecule has 0 amide bonds. The normalized spacial score (nSPS) is 20.2. The minimum atomic E-state index is -0.102. The van der Waals surface area contributed by atoms with E-state index < -0.39 is 0 Å². The molecule has 1 atom stereocenters. The Kier molecular flexibility index (Phi) is 5.65. The molecule has 3 aromatic carbocycles. The average molecular weight is 505 g/mol. The Bertz CT molecular complexity index is 1620. The van der Waals surface area contributed by atoms with E-state index in [2.05, 4.69) is 115 Å². The van der Waals surface area contributed by atoms with E-state index in [0.29, 0.717) is 11.8 Å². The van der Waals surface area contributed by atoms with Gasteiger partial charge in [0.1, 0.15) is 11.5 Å². The molecule has 3 heteroatoms. The second-order valence-electron chi connectivity index (χ2n) is 13.0. The highest BCUT2D eigenvalue weighted by atomic mass is 16.5. The summed E-state index contributed by atoms with van der Waals surface area (Å²) >= 11 is 0. The Morgan fingerprint density at radius 2 is 1.79 bits per heavy atom. The van der Waals surface area contributed by atoms with Gasteiger partial charge in [0.2, 0.25) is 0 Å². The van der Waals surface area contributed by atoms with Gasteiger partial charge in [-0.15, -0.1) is 0 Å². The fraction of sp³-hybridized carbons (Fsp3) is 0.400. The number of benzene rings is 3. The van der Waals surface area contributed by atoms with Crippen LogP contribution in [0, 0.1) is 0 Å². The SMILES string of the molecule is CCC1CC(C)(C)N=c2cc3c(cc21)=C(c1cccc(C(C)C)c1)c1cc2c(cc1O3)NC(C)(C)C=C2C. The molecule has 0 spiro atoms. The molecule has 3 heterocycles. The van der Waals surface area contributed by atoms with Gasteiger partial charge in [0.15, 0.2) is 0 Å². The zero-order valence-corrected chi connectivity index (χ0v) is 24.1. The van der Waals surface area contributed by atoms with Crippen molar-refractivity contribution in [2.45, 2.75) is 91.1 Å². The molecule has 3 aliphatic heterocycles. The van der Waals surface area contributed by atoms with Crippen molar-refractivity contribution < 1.29 is 4.74 Å². The minimum absolute atomic E-state index is 0.0644. The number of hydrogen-bond acceptors (Lipinski definition) is 3. The van der Waals surface area contributed by atoms with Crippen molar-refractivity contribution >= 4 is 16.8 Å². The van der Waals surface area contributed by atoms with Gasteiger partial charge in [-0.05, 0) is 93.7 Å². The summed E-state index contributed by atoms with van der Waals surface area (Å²) in [5.41, 5.74) is 9.87. The van der Waals surface area contributed by atoms with Crippen molar-refractivity contribution in [1.82, 2.24) is 0 Å². The molecule has 3 nitrogen and oxygen atoms in total. The first kappa shape index (κ1) is 25.0. The molecule has 0 aliphatic carbocycles. The lowest BCUT2D eigenvalue weighted by atomic mass is 9.80.